The number of aromatic nitrogens is 3. The number of aryl methyl sites for hydroxylation is 1. The van der Waals surface area contributed by atoms with Crippen LogP contribution in [0.2, 0.25) is 0 Å². The molecule has 0 N–H and O–H groups in total. The lowest BCUT2D eigenvalue weighted by Crippen LogP contribution is -1.95. The molecule has 0 aromatic carbocycles. The molecule has 0 aliphatic rings. The third kappa shape index (κ3) is 1.20. The van der Waals surface area contributed by atoms with Crippen LogP contribution in [-0.2, 0) is 0 Å². The molecule has 0 spiro atoms. The molecular formula is C9H9N3O. The van der Waals surface area contributed by atoms with E-state index in [0.717, 1.165) is 5.69 Å². The zero-order chi connectivity index (χ0) is 9.42. The fourth-order valence-corrected chi connectivity index (χ4v) is 1.21. The number of ketones is 1. The van der Waals surface area contributed by atoms with E-state index in [-0.39, 0.29) is 5.78 Å². The van der Waals surface area contributed by atoms with Gasteiger partial charge in [0.1, 0.15) is 0 Å². The highest BCUT2D eigenvalue weighted by atomic mass is 16.1. The number of carbonyl (C=O) groups is 1. The molecule has 0 fully saturated rings. The maximum Gasteiger partial charge on any atom is 0.166 e. The largest absolute Gasteiger partial charge is 0.294 e. The first kappa shape index (κ1) is 7.91. The molecule has 2 aromatic rings. The summed E-state index contributed by atoms with van der Waals surface area (Å²) < 4.78 is 1.60. The Kier molecular flexibility index (Phi) is 1.62. The van der Waals surface area contributed by atoms with Crippen molar-refractivity contribution < 1.29 is 4.79 Å². The molecule has 2 aromatic heterocycles. The molecule has 0 aliphatic carbocycles. The summed E-state index contributed by atoms with van der Waals surface area (Å²) in [5.41, 5.74) is 2.09. The van der Waals surface area contributed by atoms with Crippen molar-refractivity contribution in [3.8, 4) is 0 Å². The van der Waals surface area contributed by atoms with Crippen molar-refractivity contribution in [2.24, 2.45) is 0 Å². The first-order chi connectivity index (χ1) is 6.18. The first-order valence-electron chi connectivity index (χ1n) is 4.00. The van der Waals surface area contributed by atoms with Crippen molar-refractivity contribution in [3.63, 3.8) is 0 Å². The Bertz CT molecular complexity index is 473. The minimum absolute atomic E-state index is 0.00639. The second-order valence-electron chi connectivity index (χ2n) is 2.95. The third-order valence-electron chi connectivity index (χ3n) is 1.89. The van der Waals surface area contributed by atoms with Crippen LogP contribution in [-0.4, -0.2) is 20.4 Å². The predicted octanol–water partition coefficient (Wildman–Crippen LogP) is 1.24. The average Bonchev–Trinajstić information content (AvgIpc) is 2.46. The number of hydrogen-bond acceptors (Lipinski definition) is 3. The van der Waals surface area contributed by atoms with Crippen LogP contribution in [0.15, 0.2) is 18.5 Å². The number of Topliss-reactive ketones (excluding diaryl/α,β-unsaturated/α-hetero) is 1. The van der Waals surface area contributed by atoms with Crippen molar-refractivity contribution in [1.82, 2.24) is 14.6 Å². The van der Waals surface area contributed by atoms with Gasteiger partial charge in [-0.05, 0) is 19.9 Å². The van der Waals surface area contributed by atoms with Gasteiger partial charge in [-0.1, -0.05) is 0 Å². The Hall–Kier alpha value is -1.71. The van der Waals surface area contributed by atoms with Crippen LogP contribution in [0.3, 0.4) is 0 Å². The quantitative estimate of drug-likeness (QED) is 0.612. The van der Waals surface area contributed by atoms with Crippen molar-refractivity contribution in [2.75, 3.05) is 0 Å². The molecule has 2 rings (SSSR count). The molecule has 66 valence electrons. The van der Waals surface area contributed by atoms with Crippen molar-refractivity contribution >= 4 is 11.4 Å². The molecule has 0 aliphatic heterocycles. The number of nitrogens with zero attached hydrogens (tertiary/aromatic N) is 3. The second kappa shape index (κ2) is 2.65. The highest BCUT2D eigenvalue weighted by molar-refractivity contribution is 5.99. The molecular weight excluding hydrogens is 166 g/mol. The summed E-state index contributed by atoms with van der Waals surface area (Å²) in [6.45, 7) is 3.40. The number of hydrogen-bond donors (Lipinski definition) is 0. The Morgan fingerprint density at radius 2 is 2.31 bits per heavy atom. The highest BCUT2D eigenvalue weighted by Crippen LogP contribution is 2.08. The van der Waals surface area contributed by atoms with Crippen LogP contribution >= 0.6 is 0 Å². The zero-order valence-corrected chi connectivity index (χ0v) is 7.48. The summed E-state index contributed by atoms with van der Waals surface area (Å²) >= 11 is 0. The van der Waals surface area contributed by atoms with Gasteiger partial charge in [0.25, 0.3) is 0 Å². The number of rotatable bonds is 1. The van der Waals surface area contributed by atoms with Gasteiger partial charge >= 0.3 is 0 Å². The fourth-order valence-electron chi connectivity index (χ4n) is 1.21. The van der Waals surface area contributed by atoms with E-state index in [0.29, 0.717) is 11.2 Å². The molecule has 0 saturated carbocycles. The molecule has 0 radical (unpaired) electrons. The third-order valence-corrected chi connectivity index (χ3v) is 1.89. The summed E-state index contributed by atoms with van der Waals surface area (Å²) in [6, 6.07) is 1.85. The molecule has 0 atom stereocenters. The molecule has 0 unspecified atom stereocenters. The summed E-state index contributed by atoms with van der Waals surface area (Å²) in [4.78, 5) is 15.4. The SMILES string of the molecule is CC(=O)c1cnn2ccc(C)nc12. The minimum Gasteiger partial charge on any atom is -0.294 e. The van der Waals surface area contributed by atoms with E-state index < -0.39 is 0 Å². The van der Waals surface area contributed by atoms with Gasteiger partial charge in [0, 0.05) is 11.9 Å². The van der Waals surface area contributed by atoms with Gasteiger partial charge in [-0.15, -0.1) is 0 Å². The van der Waals surface area contributed by atoms with Gasteiger partial charge in [0.2, 0.25) is 0 Å². The van der Waals surface area contributed by atoms with E-state index in [2.05, 4.69) is 10.1 Å². The number of carbonyl (C=O) groups excluding carboxylic acids is 1. The van der Waals surface area contributed by atoms with Crippen molar-refractivity contribution in [3.05, 3.63) is 29.7 Å². The van der Waals surface area contributed by atoms with Gasteiger partial charge in [0.15, 0.2) is 11.4 Å². The van der Waals surface area contributed by atoms with Gasteiger partial charge in [-0.25, -0.2) is 9.50 Å². The van der Waals surface area contributed by atoms with E-state index in [1.54, 1.807) is 16.9 Å². The van der Waals surface area contributed by atoms with Gasteiger partial charge in [-0.2, -0.15) is 5.10 Å². The Morgan fingerprint density at radius 1 is 1.54 bits per heavy atom. The summed E-state index contributed by atoms with van der Waals surface area (Å²) in [6.07, 6.45) is 3.34. The fraction of sp³-hybridized carbons (Fsp3) is 0.222. The molecule has 13 heavy (non-hydrogen) atoms. The average molecular weight is 175 g/mol. The Labute approximate surface area is 75.2 Å². The summed E-state index contributed by atoms with van der Waals surface area (Å²) in [5, 5.41) is 4.01. The molecule has 4 heteroatoms. The highest BCUT2D eigenvalue weighted by Gasteiger charge is 2.08. The van der Waals surface area contributed by atoms with E-state index in [1.165, 1.54) is 6.92 Å². The molecule has 0 saturated heterocycles. The zero-order valence-electron chi connectivity index (χ0n) is 7.48. The summed E-state index contributed by atoms with van der Waals surface area (Å²) in [7, 11) is 0. The molecule has 4 nitrogen and oxygen atoms in total. The van der Waals surface area contributed by atoms with Crippen molar-refractivity contribution in [1.29, 1.82) is 0 Å². The lowest BCUT2D eigenvalue weighted by molar-refractivity contribution is 0.101. The molecule has 2 heterocycles. The van der Waals surface area contributed by atoms with Crippen molar-refractivity contribution in [2.45, 2.75) is 13.8 Å². The first-order valence-corrected chi connectivity index (χ1v) is 4.00. The predicted molar refractivity (Wildman–Crippen MR) is 47.7 cm³/mol. The normalized spacial score (nSPS) is 10.6. The Balaban J connectivity index is 2.79. The molecule has 0 bridgehead atoms. The van der Waals surface area contributed by atoms with Gasteiger partial charge < -0.3 is 0 Å². The van der Waals surface area contributed by atoms with Crippen LogP contribution in [0.25, 0.3) is 5.65 Å². The van der Waals surface area contributed by atoms with E-state index in [4.69, 9.17) is 0 Å². The van der Waals surface area contributed by atoms with Crippen LogP contribution in [0.4, 0.5) is 0 Å². The van der Waals surface area contributed by atoms with Crippen LogP contribution < -0.4 is 0 Å². The maximum atomic E-state index is 11.1. The summed E-state index contributed by atoms with van der Waals surface area (Å²) in [5.74, 6) is -0.00639. The monoisotopic (exact) mass is 175 g/mol. The van der Waals surface area contributed by atoms with E-state index in [1.807, 2.05) is 13.0 Å². The standard InChI is InChI=1S/C9H9N3O/c1-6-3-4-12-9(11-6)8(5-10-12)7(2)13/h3-5H,1-2H3. The van der Waals surface area contributed by atoms with Crippen LogP contribution in [0.1, 0.15) is 23.0 Å². The minimum atomic E-state index is -0.00639. The van der Waals surface area contributed by atoms with E-state index >= 15 is 0 Å². The number of fused-ring (bicyclic) bond motifs is 1. The van der Waals surface area contributed by atoms with Gasteiger partial charge in [-0.3, -0.25) is 4.79 Å². The van der Waals surface area contributed by atoms with E-state index in [9.17, 15) is 4.79 Å². The lowest BCUT2D eigenvalue weighted by atomic mass is 10.2. The second-order valence-corrected chi connectivity index (χ2v) is 2.95. The van der Waals surface area contributed by atoms with Gasteiger partial charge in [0.05, 0.1) is 11.8 Å². The smallest absolute Gasteiger partial charge is 0.166 e. The topological polar surface area (TPSA) is 47.3 Å². The lowest BCUT2D eigenvalue weighted by Gasteiger charge is -1.95. The van der Waals surface area contributed by atoms with Crippen LogP contribution in [0, 0.1) is 6.92 Å². The van der Waals surface area contributed by atoms with Crippen LogP contribution in [0.5, 0.6) is 0 Å². The Morgan fingerprint density at radius 3 is 3.00 bits per heavy atom. The molecule has 0 amide bonds. The maximum absolute atomic E-state index is 11.1.